The van der Waals surface area contributed by atoms with E-state index < -0.39 is 0 Å². The van der Waals surface area contributed by atoms with Crippen molar-refractivity contribution in [3.8, 4) is 0 Å². The minimum absolute atomic E-state index is 0.0162. The van der Waals surface area contributed by atoms with Gasteiger partial charge in [0.15, 0.2) is 0 Å². The maximum atomic E-state index is 9.78. The molecule has 6 heteroatoms. The van der Waals surface area contributed by atoms with Crippen LogP contribution in [-0.2, 0) is 4.74 Å². The summed E-state index contributed by atoms with van der Waals surface area (Å²) in [6.07, 6.45) is 4.85. The van der Waals surface area contributed by atoms with E-state index in [1.54, 1.807) is 6.33 Å². The van der Waals surface area contributed by atoms with Gasteiger partial charge in [-0.25, -0.2) is 9.97 Å². The molecule has 3 heterocycles. The van der Waals surface area contributed by atoms with Gasteiger partial charge in [-0.1, -0.05) is 6.92 Å². The Balaban J connectivity index is 1.76. The molecule has 22 heavy (non-hydrogen) atoms. The van der Waals surface area contributed by atoms with Gasteiger partial charge in [0.1, 0.15) is 18.0 Å². The Morgan fingerprint density at radius 1 is 1.18 bits per heavy atom. The number of ether oxygens (including phenoxy) is 1. The van der Waals surface area contributed by atoms with E-state index in [2.05, 4.69) is 32.8 Å². The highest BCUT2D eigenvalue weighted by Gasteiger charge is 2.34. The maximum absolute atomic E-state index is 9.78. The molecule has 3 rings (SSSR count). The number of aromatic nitrogens is 2. The first-order valence-corrected chi connectivity index (χ1v) is 8.27. The fraction of sp³-hybridized carbons (Fsp3) is 0.750. The summed E-state index contributed by atoms with van der Waals surface area (Å²) in [6.45, 7) is 7.57. The van der Waals surface area contributed by atoms with Crippen LogP contribution in [0.15, 0.2) is 12.4 Å². The van der Waals surface area contributed by atoms with Gasteiger partial charge >= 0.3 is 0 Å². The lowest BCUT2D eigenvalue weighted by atomic mass is 9.78. The molecular weight excluding hydrogens is 280 g/mol. The maximum Gasteiger partial charge on any atom is 0.134 e. The standard InChI is InChI=1S/C16H26N4O2/c1-2-16(12-21)4-3-5-20(11-16)15-10-14(17-13-18-15)19-6-8-22-9-7-19/h10,13,21H,2-9,11-12H2,1H3/t16-/m1/s1. The molecule has 0 spiro atoms. The zero-order chi connectivity index (χ0) is 15.4. The Bertz CT molecular complexity index is 487. The fourth-order valence-electron chi connectivity index (χ4n) is 3.41. The summed E-state index contributed by atoms with van der Waals surface area (Å²) in [6, 6.07) is 2.08. The highest BCUT2D eigenvalue weighted by atomic mass is 16.5. The molecule has 0 unspecified atom stereocenters. The summed E-state index contributed by atoms with van der Waals surface area (Å²) in [7, 11) is 0. The molecule has 0 radical (unpaired) electrons. The van der Waals surface area contributed by atoms with Gasteiger partial charge in [0.25, 0.3) is 0 Å². The summed E-state index contributed by atoms with van der Waals surface area (Å²) in [5.74, 6) is 1.95. The van der Waals surface area contributed by atoms with E-state index in [1.165, 1.54) is 0 Å². The predicted molar refractivity (Wildman–Crippen MR) is 86.3 cm³/mol. The van der Waals surface area contributed by atoms with Gasteiger partial charge in [-0.15, -0.1) is 0 Å². The lowest BCUT2D eigenvalue weighted by Crippen LogP contribution is -2.45. The lowest BCUT2D eigenvalue weighted by Gasteiger charge is -2.42. The van der Waals surface area contributed by atoms with Gasteiger partial charge in [0.2, 0.25) is 0 Å². The smallest absolute Gasteiger partial charge is 0.134 e. The number of hydrogen-bond donors (Lipinski definition) is 1. The number of piperidine rings is 1. The third kappa shape index (κ3) is 3.17. The van der Waals surface area contributed by atoms with Crippen molar-refractivity contribution >= 4 is 11.6 Å². The summed E-state index contributed by atoms with van der Waals surface area (Å²) < 4.78 is 5.40. The number of aliphatic hydroxyl groups excluding tert-OH is 1. The minimum atomic E-state index is 0.0162. The zero-order valence-electron chi connectivity index (χ0n) is 13.4. The third-order valence-electron chi connectivity index (χ3n) is 5.04. The second-order valence-electron chi connectivity index (χ2n) is 6.37. The molecule has 6 nitrogen and oxygen atoms in total. The Kier molecular flexibility index (Phi) is 4.78. The molecule has 1 aromatic heterocycles. The van der Waals surface area contributed by atoms with Crippen molar-refractivity contribution in [3.05, 3.63) is 12.4 Å². The number of aliphatic hydroxyl groups is 1. The molecule has 2 aliphatic rings. The topological polar surface area (TPSA) is 61.7 Å². The van der Waals surface area contributed by atoms with Crippen molar-refractivity contribution in [2.75, 3.05) is 55.8 Å². The Morgan fingerprint density at radius 3 is 2.59 bits per heavy atom. The van der Waals surface area contributed by atoms with E-state index >= 15 is 0 Å². The van der Waals surface area contributed by atoms with Crippen molar-refractivity contribution in [3.63, 3.8) is 0 Å². The Morgan fingerprint density at radius 2 is 1.91 bits per heavy atom. The van der Waals surface area contributed by atoms with Gasteiger partial charge in [-0.2, -0.15) is 0 Å². The first kappa shape index (κ1) is 15.5. The van der Waals surface area contributed by atoms with E-state index in [-0.39, 0.29) is 12.0 Å². The van der Waals surface area contributed by atoms with Gasteiger partial charge < -0.3 is 19.6 Å². The van der Waals surface area contributed by atoms with E-state index in [1.807, 2.05) is 0 Å². The second-order valence-corrected chi connectivity index (χ2v) is 6.37. The molecule has 122 valence electrons. The van der Waals surface area contributed by atoms with Crippen molar-refractivity contribution < 1.29 is 9.84 Å². The van der Waals surface area contributed by atoms with E-state index in [0.29, 0.717) is 0 Å². The van der Waals surface area contributed by atoms with E-state index in [0.717, 1.165) is 70.3 Å². The van der Waals surface area contributed by atoms with Crippen LogP contribution in [0, 0.1) is 5.41 Å². The average Bonchev–Trinajstić information content (AvgIpc) is 2.62. The SMILES string of the molecule is CC[C@@]1(CO)CCCN(c2cc(N3CCOCC3)ncn2)C1. The highest BCUT2D eigenvalue weighted by molar-refractivity contribution is 5.50. The Labute approximate surface area is 132 Å². The van der Waals surface area contributed by atoms with E-state index in [9.17, 15) is 5.11 Å². The van der Waals surface area contributed by atoms with Crippen LogP contribution in [0.5, 0.6) is 0 Å². The number of anilines is 2. The van der Waals surface area contributed by atoms with Crippen LogP contribution >= 0.6 is 0 Å². The first-order valence-electron chi connectivity index (χ1n) is 8.27. The van der Waals surface area contributed by atoms with Crippen molar-refractivity contribution in [2.45, 2.75) is 26.2 Å². The first-order chi connectivity index (χ1) is 10.8. The average molecular weight is 306 g/mol. The zero-order valence-corrected chi connectivity index (χ0v) is 13.4. The monoisotopic (exact) mass is 306 g/mol. The van der Waals surface area contributed by atoms with Crippen molar-refractivity contribution in [1.29, 1.82) is 0 Å². The predicted octanol–water partition coefficient (Wildman–Crippen LogP) is 1.30. The van der Waals surface area contributed by atoms with Gasteiger partial charge in [0, 0.05) is 37.7 Å². The van der Waals surface area contributed by atoms with Gasteiger partial charge in [-0.05, 0) is 19.3 Å². The van der Waals surface area contributed by atoms with Crippen molar-refractivity contribution in [2.24, 2.45) is 5.41 Å². The molecule has 1 atom stereocenters. The molecule has 2 saturated heterocycles. The largest absolute Gasteiger partial charge is 0.396 e. The molecule has 0 saturated carbocycles. The van der Waals surface area contributed by atoms with Crippen LogP contribution in [0.3, 0.4) is 0 Å². The second kappa shape index (κ2) is 6.79. The molecule has 0 aromatic carbocycles. The molecule has 0 bridgehead atoms. The summed E-state index contributed by atoms with van der Waals surface area (Å²) >= 11 is 0. The number of rotatable bonds is 4. The fourth-order valence-corrected chi connectivity index (χ4v) is 3.41. The lowest BCUT2D eigenvalue weighted by molar-refractivity contribution is 0.101. The van der Waals surface area contributed by atoms with Crippen LogP contribution < -0.4 is 9.80 Å². The quantitative estimate of drug-likeness (QED) is 0.905. The van der Waals surface area contributed by atoms with Crippen LogP contribution in [0.1, 0.15) is 26.2 Å². The molecule has 2 aliphatic heterocycles. The third-order valence-corrected chi connectivity index (χ3v) is 5.04. The van der Waals surface area contributed by atoms with E-state index in [4.69, 9.17) is 4.74 Å². The summed E-state index contributed by atoms with van der Waals surface area (Å²) in [5, 5.41) is 9.78. The minimum Gasteiger partial charge on any atom is -0.396 e. The van der Waals surface area contributed by atoms with Crippen LogP contribution in [-0.4, -0.2) is 61.1 Å². The molecule has 1 aromatic rings. The molecule has 1 N–H and O–H groups in total. The van der Waals surface area contributed by atoms with Gasteiger partial charge in [0.05, 0.1) is 19.8 Å². The normalized spacial score (nSPS) is 26.3. The Hall–Kier alpha value is -1.40. The number of nitrogens with zero attached hydrogens (tertiary/aromatic N) is 4. The molecule has 0 aliphatic carbocycles. The number of hydrogen-bond acceptors (Lipinski definition) is 6. The molecule has 0 amide bonds. The van der Waals surface area contributed by atoms with Crippen LogP contribution in [0.2, 0.25) is 0 Å². The highest BCUT2D eigenvalue weighted by Crippen LogP contribution is 2.34. The van der Waals surface area contributed by atoms with Crippen molar-refractivity contribution in [1.82, 2.24) is 9.97 Å². The van der Waals surface area contributed by atoms with Gasteiger partial charge in [-0.3, -0.25) is 0 Å². The summed E-state index contributed by atoms with van der Waals surface area (Å²) in [5.41, 5.74) is 0.0162. The molecule has 2 fully saturated rings. The number of morpholine rings is 1. The van der Waals surface area contributed by atoms with Crippen LogP contribution in [0.25, 0.3) is 0 Å². The van der Waals surface area contributed by atoms with Crippen LogP contribution in [0.4, 0.5) is 11.6 Å². The summed E-state index contributed by atoms with van der Waals surface area (Å²) in [4.78, 5) is 13.4. The molecular formula is C16H26N4O2.